The first-order valence-corrected chi connectivity index (χ1v) is 8.87. The Kier molecular flexibility index (Phi) is 2.85. The third-order valence-electron chi connectivity index (χ3n) is 7.92. The fourth-order valence-corrected chi connectivity index (χ4v) is 6.47. The molecule has 5 atom stereocenters. The number of rotatable bonds is 0. The smallest absolute Gasteiger partial charge is 0.155 e. The van der Waals surface area contributed by atoms with E-state index in [0.717, 1.165) is 30.6 Å². The van der Waals surface area contributed by atoms with Crippen LogP contribution >= 0.6 is 0 Å². The molecule has 0 radical (unpaired) electrons. The average Bonchev–Trinajstić information content (AvgIpc) is 2.76. The number of ketones is 1. The number of allylic oxidation sites excluding steroid dienone is 2. The first-order chi connectivity index (χ1) is 9.95. The molecule has 0 saturated heterocycles. The van der Waals surface area contributed by atoms with Gasteiger partial charge in [0.1, 0.15) is 0 Å². The lowest BCUT2D eigenvalue weighted by Crippen LogP contribution is -2.49. The quantitative estimate of drug-likeness (QED) is 0.567. The molecular weight excluding hydrogens is 256 g/mol. The van der Waals surface area contributed by atoms with Crippen molar-refractivity contribution in [2.45, 2.75) is 65.2 Å². The summed E-state index contributed by atoms with van der Waals surface area (Å²) in [5.74, 6) is 2.92. The maximum atomic E-state index is 11.8. The molecule has 114 valence electrons. The van der Waals surface area contributed by atoms with Crippen molar-refractivity contribution in [1.82, 2.24) is 0 Å². The number of carbonyl (C=O) groups excluding carboxylic acids is 1. The van der Waals surface area contributed by atoms with E-state index in [1.165, 1.54) is 49.7 Å². The summed E-state index contributed by atoms with van der Waals surface area (Å²) < 4.78 is 0. The highest BCUT2D eigenvalue weighted by Crippen LogP contribution is 2.66. The highest BCUT2D eigenvalue weighted by Gasteiger charge is 2.57. The number of hydrogen-bond donors (Lipinski definition) is 0. The number of carbonyl (C=O) groups is 1. The molecule has 1 heteroatoms. The van der Waals surface area contributed by atoms with Crippen LogP contribution in [0.5, 0.6) is 0 Å². The van der Waals surface area contributed by atoms with Crippen molar-refractivity contribution in [1.29, 1.82) is 0 Å². The van der Waals surface area contributed by atoms with E-state index in [4.69, 9.17) is 0 Å². The second kappa shape index (κ2) is 4.33. The van der Waals surface area contributed by atoms with Crippen LogP contribution in [0.25, 0.3) is 0 Å². The van der Waals surface area contributed by atoms with Crippen LogP contribution in [0.2, 0.25) is 0 Å². The maximum absolute atomic E-state index is 11.8. The Hall–Kier alpha value is -0.850. The van der Waals surface area contributed by atoms with Crippen LogP contribution in [0.4, 0.5) is 0 Å². The van der Waals surface area contributed by atoms with Gasteiger partial charge in [-0.15, -0.1) is 0 Å². The molecule has 0 N–H and O–H groups in total. The van der Waals surface area contributed by atoms with Crippen LogP contribution in [0.3, 0.4) is 0 Å². The van der Waals surface area contributed by atoms with E-state index in [0.29, 0.717) is 16.6 Å². The fourth-order valence-electron chi connectivity index (χ4n) is 6.47. The van der Waals surface area contributed by atoms with Gasteiger partial charge in [0, 0.05) is 6.42 Å². The Bertz CT molecular complexity index is 542. The summed E-state index contributed by atoms with van der Waals surface area (Å²) >= 11 is 0. The topological polar surface area (TPSA) is 17.1 Å². The summed E-state index contributed by atoms with van der Waals surface area (Å²) in [6.45, 7) is 9.35. The minimum Gasteiger partial charge on any atom is -0.295 e. The van der Waals surface area contributed by atoms with Gasteiger partial charge >= 0.3 is 0 Å². The maximum Gasteiger partial charge on any atom is 0.155 e. The second-order valence-corrected chi connectivity index (χ2v) is 8.57. The molecule has 0 aromatic carbocycles. The van der Waals surface area contributed by atoms with Gasteiger partial charge in [-0.1, -0.05) is 31.6 Å². The zero-order valence-corrected chi connectivity index (χ0v) is 13.6. The van der Waals surface area contributed by atoms with Crippen molar-refractivity contribution in [2.75, 3.05) is 0 Å². The molecule has 0 aromatic heterocycles. The van der Waals surface area contributed by atoms with Gasteiger partial charge in [0.25, 0.3) is 0 Å². The second-order valence-electron chi connectivity index (χ2n) is 8.57. The van der Waals surface area contributed by atoms with Crippen LogP contribution in [-0.4, -0.2) is 5.78 Å². The Morgan fingerprint density at radius 1 is 1.00 bits per heavy atom. The summed E-state index contributed by atoms with van der Waals surface area (Å²) in [6, 6.07) is 0. The summed E-state index contributed by atoms with van der Waals surface area (Å²) in [5.41, 5.74) is 3.75. The third-order valence-corrected chi connectivity index (χ3v) is 7.92. The predicted molar refractivity (Wildman–Crippen MR) is 85.9 cm³/mol. The van der Waals surface area contributed by atoms with E-state index in [-0.39, 0.29) is 0 Å². The lowest BCUT2D eigenvalue weighted by Gasteiger charge is -2.57. The van der Waals surface area contributed by atoms with Gasteiger partial charge in [-0.3, -0.25) is 4.79 Å². The molecule has 1 nitrogen and oxygen atoms in total. The third kappa shape index (κ3) is 1.72. The van der Waals surface area contributed by atoms with Crippen molar-refractivity contribution in [2.24, 2.45) is 28.6 Å². The molecule has 0 bridgehead atoms. The average molecular weight is 284 g/mol. The summed E-state index contributed by atoms with van der Waals surface area (Å²) in [7, 11) is 0. The van der Waals surface area contributed by atoms with Gasteiger partial charge in [0.15, 0.2) is 5.78 Å². The van der Waals surface area contributed by atoms with Gasteiger partial charge in [-0.2, -0.15) is 0 Å². The van der Waals surface area contributed by atoms with Gasteiger partial charge in [0.05, 0.1) is 0 Å². The van der Waals surface area contributed by atoms with Crippen molar-refractivity contribution in [3.8, 4) is 0 Å². The molecule has 3 saturated carbocycles. The highest BCUT2D eigenvalue weighted by molar-refractivity contribution is 5.91. The molecule has 0 heterocycles. The van der Waals surface area contributed by atoms with E-state index < -0.39 is 0 Å². The SMILES string of the molecule is C=C1CC[C@H]2[C@@H]3CCC4=CC(=O)CC[C@]4(C)[C@H]3CC[C@@]12C. The molecule has 0 spiro atoms. The molecular formula is C20H28O. The van der Waals surface area contributed by atoms with Gasteiger partial charge in [-0.05, 0) is 79.6 Å². The van der Waals surface area contributed by atoms with Crippen molar-refractivity contribution < 1.29 is 4.79 Å². The zero-order chi connectivity index (χ0) is 14.8. The number of fused-ring (bicyclic) bond motifs is 5. The van der Waals surface area contributed by atoms with Gasteiger partial charge in [-0.25, -0.2) is 0 Å². The summed E-state index contributed by atoms with van der Waals surface area (Å²) in [6.07, 6.45) is 11.7. The fraction of sp³-hybridized carbons (Fsp3) is 0.750. The van der Waals surface area contributed by atoms with E-state index in [1.807, 2.05) is 6.08 Å². The molecule has 4 rings (SSSR count). The van der Waals surface area contributed by atoms with Crippen LogP contribution in [-0.2, 0) is 4.79 Å². The largest absolute Gasteiger partial charge is 0.295 e. The normalized spacial score (nSPS) is 49.2. The van der Waals surface area contributed by atoms with Gasteiger partial charge in [0.2, 0.25) is 0 Å². The molecule has 0 aromatic rings. The van der Waals surface area contributed by atoms with Crippen LogP contribution < -0.4 is 0 Å². The van der Waals surface area contributed by atoms with Crippen LogP contribution in [0.15, 0.2) is 23.8 Å². The Morgan fingerprint density at radius 2 is 1.76 bits per heavy atom. The zero-order valence-electron chi connectivity index (χ0n) is 13.6. The molecule has 21 heavy (non-hydrogen) atoms. The Balaban J connectivity index is 1.70. The molecule has 3 fully saturated rings. The standard InChI is InChI=1S/C20H28O/c1-13-4-7-17-16-6-5-14-12-15(21)8-10-20(14,3)18(16)9-11-19(13,17)2/h12,16-18H,1,4-11H2,2-3H3/t16-,17-,18-,19-,20-/m0/s1. The molecule has 0 unspecified atom stereocenters. The van der Waals surface area contributed by atoms with Crippen LogP contribution in [0, 0.1) is 28.6 Å². The van der Waals surface area contributed by atoms with Gasteiger partial charge < -0.3 is 0 Å². The summed E-state index contributed by atoms with van der Waals surface area (Å²) in [5, 5.41) is 0. The first kappa shape index (κ1) is 13.8. The van der Waals surface area contributed by atoms with E-state index in [2.05, 4.69) is 20.4 Å². The van der Waals surface area contributed by atoms with E-state index in [9.17, 15) is 4.79 Å². The van der Waals surface area contributed by atoms with Crippen molar-refractivity contribution in [3.05, 3.63) is 23.8 Å². The minimum atomic E-state index is 0.322. The van der Waals surface area contributed by atoms with Crippen molar-refractivity contribution >= 4 is 5.78 Å². The first-order valence-electron chi connectivity index (χ1n) is 8.87. The lowest BCUT2D eigenvalue weighted by molar-refractivity contribution is -0.117. The Morgan fingerprint density at radius 3 is 2.57 bits per heavy atom. The minimum absolute atomic E-state index is 0.322. The summed E-state index contributed by atoms with van der Waals surface area (Å²) in [4.78, 5) is 11.8. The predicted octanol–water partition coefficient (Wildman–Crippen LogP) is 5.07. The molecule has 0 aliphatic heterocycles. The monoisotopic (exact) mass is 284 g/mol. The van der Waals surface area contributed by atoms with E-state index >= 15 is 0 Å². The molecule has 4 aliphatic rings. The van der Waals surface area contributed by atoms with E-state index in [1.54, 1.807) is 0 Å². The highest BCUT2D eigenvalue weighted by atomic mass is 16.1. The molecule has 0 amide bonds. The number of hydrogen-bond acceptors (Lipinski definition) is 1. The van der Waals surface area contributed by atoms with Crippen LogP contribution in [0.1, 0.15) is 65.2 Å². The lowest BCUT2D eigenvalue weighted by atomic mass is 9.47. The molecule has 4 aliphatic carbocycles. The Labute approximate surface area is 128 Å². The van der Waals surface area contributed by atoms with Crippen molar-refractivity contribution in [3.63, 3.8) is 0 Å².